The van der Waals surface area contributed by atoms with Gasteiger partial charge in [0.15, 0.2) is 0 Å². The molecule has 8 aromatic rings. The minimum atomic E-state index is 0.258. The van der Waals surface area contributed by atoms with Crippen molar-refractivity contribution in [1.82, 2.24) is 4.57 Å². The average molecular weight is 613 g/mol. The van der Waals surface area contributed by atoms with E-state index in [4.69, 9.17) is 0 Å². The number of rotatable bonds is 4. The van der Waals surface area contributed by atoms with E-state index < -0.39 is 0 Å². The van der Waals surface area contributed by atoms with Gasteiger partial charge >= 0.3 is 0 Å². The van der Waals surface area contributed by atoms with Gasteiger partial charge in [0.2, 0.25) is 0 Å². The van der Waals surface area contributed by atoms with Gasteiger partial charge in [-0.2, -0.15) is 0 Å². The first-order valence-corrected chi connectivity index (χ1v) is 16.8. The fourth-order valence-electron chi connectivity index (χ4n) is 8.09. The molecule has 226 valence electrons. The summed E-state index contributed by atoms with van der Waals surface area (Å²) in [5, 5.41) is 5.07. The van der Waals surface area contributed by atoms with E-state index in [-0.39, 0.29) is 6.04 Å². The summed E-state index contributed by atoms with van der Waals surface area (Å²) >= 11 is 0. The molecule has 0 radical (unpaired) electrons. The zero-order chi connectivity index (χ0) is 31.6. The molecule has 10 rings (SSSR count). The zero-order valence-corrected chi connectivity index (χ0v) is 26.4. The van der Waals surface area contributed by atoms with Gasteiger partial charge in [0.1, 0.15) is 0 Å². The van der Waals surface area contributed by atoms with Gasteiger partial charge in [0.05, 0.1) is 22.8 Å². The van der Waals surface area contributed by atoms with Gasteiger partial charge in [0, 0.05) is 33.1 Å². The predicted molar refractivity (Wildman–Crippen MR) is 203 cm³/mol. The average Bonchev–Trinajstić information content (AvgIpc) is 3.67. The van der Waals surface area contributed by atoms with Gasteiger partial charge in [-0.1, -0.05) is 127 Å². The lowest BCUT2D eigenvalue weighted by Gasteiger charge is -2.30. The Kier molecular flexibility index (Phi) is 6.04. The molecule has 2 heterocycles. The van der Waals surface area contributed by atoms with Crippen molar-refractivity contribution in [2.24, 2.45) is 0 Å². The molecule has 0 bridgehead atoms. The number of hydrogen-bond acceptors (Lipinski definition) is 1. The molecule has 1 atom stereocenters. The first-order chi connectivity index (χ1) is 23.8. The summed E-state index contributed by atoms with van der Waals surface area (Å²) in [6.45, 7) is 0. The van der Waals surface area contributed by atoms with Crippen LogP contribution in [0, 0.1) is 0 Å². The molecule has 2 aliphatic rings. The first kappa shape index (κ1) is 27.0. The van der Waals surface area contributed by atoms with Crippen molar-refractivity contribution in [3.8, 4) is 16.8 Å². The second-order valence-electron chi connectivity index (χ2n) is 12.9. The topological polar surface area (TPSA) is 8.17 Å². The van der Waals surface area contributed by atoms with Crippen LogP contribution in [-0.4, -0.2) is 10.6 Å². The van der Waals surface area contributed by atoms with Crippen molar-refractivity contribution in [2.75, 3.05) is 4.90 Å². The summed E-state index contributed by atoms with van der Waals surface area (Å²) in [5.41, 5.74) is 13.9. The summed E-state index contributed by atoms with van der Waals surface area (Å²) in [6.07, 6.45) is 5.83. The van der Waals surface area contributed by atoms with E-state index >= 15 is 0 Å². The van der Waals surface area contributed by atoms with Crippen molar-refractivity contribution in [3.05, 3.63) is 187 Å². The maximum absolute atomic E-state index is 2.54. The molecule has 0 N–H and O–H groups in total. The second kappa shape index (κ2) is 10.7. The summed E-state index contributed by atoms with van der Waals surface area (Å²) in [7, 11) is 0. The largest absolute Gasteiger partial charge is 0.333 e. The fourth-order valence-corrected chi connectivity index (χ4v) is 8.09. The van der Waals surface area contributed by atoms with Gasteiger partial charge in [-0.3, -0.25) is 0 Å². The molecular formula is C46H32N2. The summed E-state index contributed by atoms with van der Waals surface area (Å²) in [6, 6.07) is 60.0. The lowest BCUT2D eigenvalue weighted by atomic mass is 9.89. The summed E-state index contributed by atoms with van der Waals surface area (Å²) in [4.78, 5) is 2.54. The third-order valence-electron chi connectivity index (χ3n) is 10.3. The Balaban J connectivity index is 1.08. The minimum absolute atomic E-state index is 0.258. The minimum Gasteiger partial charge on any atom is -0.333 e. The molecule has 0 saturated carbocycles. The Labute approximate surface area is 280 Å². The highest BCUT2D eigenvalue weighted by Crippen LogP contribution is 2.49. The maximum atomic E-state index is 2.54. The van der Waals surface area contributed by atoms with Gasteiger partial charge in [0.25, 0.3) is 0 Å². The van der Waals surface area contributed by atoms with Crippen LogP contribution in [0.5, 0.6) is 0 Å². The number of benzene rings is 7. The van der Waals surface area contributed by atoms with E-state index in [1.807, 2.05) is 0 Å². The highest BCUT2D eigenvalue weighted by Gasteiger charge is 2.36. The van der Waals surface area contributed by atoms with E-state index in [0.29, 0.717) is 0 Å². The number of anilines is 2. The molecule has 1 aliphatic heterocycles. The Morgan fingerprint density at radius 2 is 1.19 bits per heavy atom. The van der Waals surface area contributed by atoms with Crippen molar-refractivity contribution in [3.63, 3.8) is 0 Å². The van der Waals surface area contributed by atoms with Gasteiger partial charge in [-0.15, -0.1) is 0 Å². The zero-order valence-electron chi connectivity index (χ0n) is 26.4. The Bertz CT molecular complexity index is 2600. The maximum Gasteiger partial charge on any atom is 0.0633 e. The van der Waals surface area contributed by atoms with Crippen molar-refractivity contribution in [2.45, 2.75) is 12.5 Å². The van der Waals surface area contributed by atoms with Crippen LogP contribution in [0.25, 0.3) is 60.5 Å². The number of hydrogen-bond donors (Lipinski definition) is 0. The first-order valence-electron chi connectivity index (χ1n) is 16.8. The Hall–Kier alpha value is -6.12. The van der Waals surface area contributed by atoms with E-state index in [1.165, 1.54) is 83.0 Å². The SMILES string of the molecule is C1=C(c2ccc3c(c2)c2ccccc2n3-c2cccc3ccccc23)C=C2c3ccccc3N(c3cccc(-c4ccccc4)c3)C2C1. The third kappa shape index (κ3) is 4.13. The molecule has 48 heavy (non-hydrogen) atoms. The Morgan fingerprint density at radius 1 is 0.479 bits per heavy atom. The number of nitrogens with zero attached hydrogens (tertiary/aromatic N) is 2. The summed E-state index contributed by atoms with van der Waals surface area (Å²) in [5.74, 6) is 0. The highest BCUT2D eigenvalue weighted by molar-refractivity contribution is 6.12. The standard InChI is InChI=1S/C46H32N2/c1-2-12-31(13-3-1)33-16-10-17-36(28-33)47-43-21-8-6-19-38(43)40-29-34(24-26-45(40)47)35-25-27-46-41(30-35)39-20-7-9-22-44(39)48(46)42-23-11-15-32-14-4-5-18-37(32)42/h1-25,27-30,45H,26H2. The molecule has 0 saturated heterocycles. The predicted octanol–water partition coefficient (Wildman–Crippen LogP) is 12.0. The molecule has 1 aromatic heterocycles. The smallest absolute Gasteiger partial charge is 0.0633 e. The van der Waals surface area contributed by atoms with Gasteiger partial charge in [-0.25, -0.2) is 0 Å². The quantitative estimate of drug-likeness (QED) is 0.192. The normalized spacial score (nSPS) is 15.4. The Morgan fingerprint density at radius 3 is 2.12 bits per heavy atom. The lowest BCUT2D eigenvalue weighted by Crippen LogP contribution is -2.27. The number of para-hydroxylation sites is 2. The van der Waals surface area contributed by atoms with E-state index in [1.54, 1.807) is 0 Å². The van der Waals surface area contributed by atoms with Crippen LogP contribution in [-0.2, 0) is 0 Å². The van der Waals surface area contributed by atoms with Crippen molar-refractivity contribution in [1.29, 1.82) is 0 Å². The van der Waals surface area contributed by atoms with Gasteiger partial charge < -0.3 is 9.47 Å². The third-order valence-corrected chi connectivity index (χ3v) is 10.3. The molecule has 0 amide bonds. The van der Waals surface area contributed by atoms with E-state index in [0.717, 1.165) is 6.42 Å². The molecule has 7 aromatic carbocycles. The van der Waals surface area contributed by atoms with E-state index in [9.17, 15) is 0 Å². The molecular weight excluding hydrogens is 581 g/mol. The van der Waals surface area contributed by atoms with E-state index in [2.05, 4.69) is 185 Å². The van der Waals surface area contributed by atoms with Crippen molar-refractivity contribution < 1.29 is 0 Å². The van der Waals surface area contributed by atoms with Gasteiger partial charge in [-0.05, 0) is 88.2 Å². The molecule has 0 spiro atoms. The number of aromatic nitrogens is 1. The van der Waals surface area contributed by atoms with Crippen LogP contribution in [0.15, 0.2) is 176 Å². The van der Waals surface area contributed by atoms with Crippen molar-refractivity contribution >= 4 is 55.1 Å². The molecule has 0 fully saturated rings. The molecule has 1 aliphatic carbocycles. The summed E-state index contributed by atoms with van der Waals surface area (Å²) < 4.78 is 2.44. The molecule has 1 unspecified atom stereocenters. The number of allylic oxidation sites excluding steroid dienone is 2. The van der Waals surface area contributed by atoms with Crippen LogP contribution < -0.4 is 4.90 Å². The second-order valence-corrected chi connectivity index (χ2v) is 12.9. The van der Waals surface area contributed by atoms with Crippen LogP contribution in [0.1, 0.15) is 17.5 Å². The highest BCUT2D eigenvalue weighted by atomic mass is 15.2. The number of fused-ring (bicyclic) bond motifs is 7. The molecule has 2 nitrogen and oxygen atoms in total. The van der Waals surface area contributed by atoms with Crippen LogP contribution >= 0.6 is 0 Å². The van der Waals surface area contributed by atoms with Crippen LogP contribution in [0.4, 0.5) is 11.4 Å². The fraction of sp³-hybridized carbons (Fsp3) is 0.0435. The molecule has 2 heteroatoms. The van der Waals surface area contributed by atoms with Crippen LogP contribution in [0.2, 0.25) is 0 Å². The van der Waals surface area contributed by atoms with Crippen LogP contribution in [0.3, 0.4) is 0 Å². The monoisotopic (exact) mass is 612 g/mol. The lowest BCUT2D eigenvalue weighted by molar-refractivity contribution is 0.831.